The average Bonchev–Trinajstić information content (AvgIpc) is 3.33. The molecule has 3 aromatic heterocycles. The molecule has 0 aliphatic heterocycles. The predicted molar refractivity (Wildman–Crippen MR) is 121 cm³/mol. The Balaban J connectivity index is 1.44. The fourth-order valence-corrected chi connectivity index (χ4v) is 5.35. The molecule has 0 unspecified atom stereocenters. The molecule has 0 fully saturated rings. The number of aromatic nitrogens is 3. The number of hydrogen-bond acceptors (Lipinski definition) is 6. The third-order valence-electron chi connectivity index (χ3n) is 4.98. The van der Waals surface area contributed by atoms with Crippen LogP contribution in [0.2, 0.25) is 0 Å². The van der Waals surface area contributed by atoms with Gasteiger partial charge in [-0.3, -0.25) is 13.9 Å². The molecule has 0 spiro atoms. The molecule has 0 N–H and O–H groups in total. The Kier molecular flexibility index (Phi) is 4.80. The summed E-state index contributed by atoms with van der Waals surface area (Å²) in [5.74, 6) is 0.214. The molecule has 0 amide bonds. The van der Waals surface area contributed by atoms with E-state index in [4.69, 9.17) is 9.40 Å². The zero-order valence-electron chi connectivity index (χ0n) is 16.1. The molecular weight excluding hydrogens is 418 g/mol. The molecule has 2 aromatic carbocycles. The van der Waals surface area contributed by atoms with E-state index in [1.165, 1.54) is 23.1 Å². The van der Waals surface area contributed by atoms with Gasteiger partial charge in [0.2, 0.25) is 0 Å². The first-order valence-corrected chi connectivity index (χ1v) is 11.2. The molecule has 5 rings (SSSR count). The van der Waals surface area contributed by atoms with Crippen LogP contribution >= 0.6 is 23.1 Å². The van der Waals surface area contributed by atoms with E-state index in [1.807, 2.05) is 53.9 Å². The number of para-hydroxylation sites is 2. The molecule has 0 bridgehead atoms. The molecule has 0 aliphatic carbocycles. The normalized spacial score (nSPS) is 11.5. The zero-order chi connectivity index (χ0) is 20.7. The van der Waals surface area contributed by atoms with Gasteiger partial charge in [0.05, 0.1) is 10.9 Å². The first-order valence-electron chi connectivity index (χ1n) is 9.38. The van der Waals surface area contributed by atoms with Gasteiger partial charge in [-0.2, -0.15) is 0 Å². The van der Waals surface area contributed by atoms with E-state index < -0.39 is 0 Å². The number of fused-ring (bicyclic) bond motifs is 2. The van der Waals surface area contributed by atoms with Crippen LogP contribution in [0, 0.1) is 0 Å². The molecule has 0 saturated heterocycles. The van der Waals surface area contributed by atoms with Crippen molar-refractivity contribution in [3.8, 4) is 11.1 Å². The number of thioether (sulfide) groups is 1. The highest BCUT2D eigenvalue weighted by Gasteiger charge is 2.16. The highest BCUT2D eigenvalue weighted by molar-refractivity contribution is 7.99. The van der Waals surface area contributed by atoms with Gasteiger partial charge in [0, 0.05) is 30.3 Å². The third kappa shape index (κ3) is 3.18. The summed E-state index contributed by atoms with van der Waals surface area (Å²) in [6.45, 7) is 0.466. The Labute approximate surface area is 179 Å². The summed E-state index contributed by atoms with van der Waals surface area (Å²) in [4.78, 5) is 30.6. The zero-order valence-corrected chi connectivity index (χ0v) is 17.7. The standard InChI is InChI=1S/C22H17N3O3S2/c1-24-20(26)18-15(14-7-3-2-4-8-14)13-30-19(18)23-21(24)29-12-11-25-16-9-5-6-10-17(16)28-22(25)27/h2-10,13H,11-12H2,1H3. The maximum absolute atomic E-state index is 13.1. The summed E-state index contributed by atoms with van der Waals surface area (Å²) >= 11 is 2.93. The molecule has 0 aliphatic rings. The topological polar surface area (TPSA) is 70.0 Å². The number of thiophene rings is 1. The maximum Gasteiger partial charge on any atom is 0.419 e. The molecule has 3 heterocycles. The van der Waals surface area contributed by atoms with Gasteiger partial charge in [-0.25, -0.2) is 9.78 Å². The second-order valence-corrected chi connectivity index (χ2v) is 8.71. The van der Waals surface area contributed by atoms with Gasteiger partial charge in [0.25, 0.3) is 5.56 Å². The van der Waals surface area contributed by atoms with Gasteiger partial charge in [0.1, 0.15) is 4.83 Å². The number of aryl methyl sites for hydroxylation is 1. The van der Waals surface area contributed by atoms with Crippen molar-refractivity contribution in [2.45, 2.75) is 11.7 Å². The number of nitrogens with zero attached hydrogens (tertiary/aromatic N) is 3. The van der Waals surface area contributed by atoms with E-state index in [0.717, 1.165) is 21.5 Å². The molecule has 30 heavy (non-hydrogen) atoms. The van der Waals surface area contributed by atoms with Crippen molar-refractivity contribution in [2.75, 3.05) is 5.75 Å². The lowest BCUT2D eigenvalue weighted by Crippen LogP contribution is -2.20. The van der Waals surface area contributed by atoms with Crippen LogP contribution in [-0.2, 0) is 13.6 Å². The van der Waals surface area contributed by atoms with Crippen molar-refractivity contribution in [3.05, 3.63) is 80.9 Å². The molecule has 6 nitrogen and oxygen atoms in total. The fourth-order valence-electron chi connectivity index (χ4n) is 3.47. The van der Waals surface area contributed by atoms with E-state index in [2.05, 4.69) is 0 Å². The lowest BCUT2D eigenvalue weighted by molar-refractivity contribution is 0.514. The second kappa shape index (κ2) is 7.62. The van der Waals surface area contributed by atoms with Crippen molar-refractivity contribution in [1.82, 2.24) is 14.1 Å². The Morgan fingerprint density at radius 1 is 1.07 bits per heavy atom. The lowest BCUT2D eigenvalue weighted by Gasteiger charge is -2.08. The van der Waals surface area contributed by atoms with Crippen LogP contribution in [0.1, 0.15) is 0 Å². The molecule has 0 saturated carbocycles. The van der Waals surface area contributed by atoms with Crippen LogP contribution in [0.15, 0.2) is 79.1 Å². The van der Waals surface area contributed by atoms with E-state index in [1.54, 1.807) is 22.2 Å². The van der Waals surface area contributed by atoms with Gasteiger partial charge in [0.15, 0.2) is 10.7 Å². The first-order chi connectivity index (χ1) is 14.6. The van der Waals surface area contributed by atoms with Crippen LogP contribution in [0.25, 0.3) is 32.4 Å². The summed E-state index contributed by atoms with van der Waals surface area (Å²) in [5, 5.41) is 3.27. The summed E-state index contributed by atoms with van der Waals surface area (Å²) in [7, 11) is 1.74. The van der Waals surface area contributed by atoms with Crippen LogP contribution in [0.4, 0.5) is 0 Å². The summed E-state index contributed by atoms with van der Waals surface area (Å²) in [5.41, 5.74) is 3.21. The number of hydrogen-bond donors (Lipinski definition) is 0. The molecule has 8 heteroatoms. The Hall–Kier alpha value is -3.10. The summed E-state index contributed by atoms with van der Waals surface area (Å²) < 4.78 is 8.47. The number of benzene rings is 2. The van der Waals surface area contributed by atoms with Crippen molar-refractivity contribution >= 4 is 44.4 Å². The van der Waals surface area contributed by atoms with E-state index >= 15 is 0 Å². The van der Waals surface area contributed by atoms with Crippen LogP contribution in [0.5, 0.6) is 0 Å². The van der Waals surface area contributed by atoms with Crippen LogP contribution in [-0.4, -0.2) is 19.9 Å². The maximum atomic E-state index is 13.1. The van der Waals surface area contributed by atoms with Crippen molar-refractivity contribution in [2.24, 2.45) is 7.05 Å². The van der Waals surface area contributed by atoms with Crippen molar-refractivity contribution in [3.63, 3.8) is 0 Å². The van der Waals surface area contributed by atoms with E-state index in [9.17, 15) is 9.59 Å². The van der Waals surface area contributed by atoms with Gasteiger partial charge < -0.3 is 4.42 Å². The van der Waals surface area contributed by atoms with Gasteiger partial charge in [-0.1, -0.05) is 54.2 Å². The lowest BCUT2D eigenvalue weighted by atomic mass is 10.1. The minimum Gasteiger partial charge on any atom is -0.408 e. The summed E-state index contributed by atoms with van der Waals surface area (Å²) in [6.07, 6.45) is 0. The smallest absolute Gasteiger partial charge is 0.408 e. The number of rotatable bonds is 5. The van der Waals surface area contributed by atoms with Crippen molar-refractivity contribution in [1.29, 1.82) is 0 Å². The Bertz CT molecular complexity index is 1480. The van der Waals surface area contributed by atoms with E-state index in [-0.39, 0.29) is 11.3 Å². The van der Waals surface area contributed by atoms with Crippen molar-refractivity contribution < 1.29 is 4.42 Å². The minimum atomic E-state index is -0.375. The average molecular weight is 436 g/mol. The van der Waals surface area contributed by atoms with Gasteiger partial charge >= 0.3 is 5.76 Å². The van der Waals surface area contributed by atoms with Gasteiger partial charge in [-0.15, -0.1) is 11.3 Å². The Morgan fingerprint density at radius 2 is 1.83 bits per heavy atom. The van der Waals surface area contributed by atoms with E-state index in [0.29, 0.717) is 28.4 Å². The Morgan fingerprint density at radius 3 is 2.67 bits per heavy atom. The SMILES string of the molecule is Cn1c(SCCn2c(=O)oc3ccccc32)nc2scc(-c3ccccc3)c2c1=O. The highest BCUT2D eigenvalue weighted by atomic mass is 32.2. The van der Waals surface area contributed by atoms with Gasteiger partial charge in [-0.05, 0) is 17.7 Å². The quantitative estimate of drug-likeness (QED) is 0.303. The molecular formula is C22H17N3O3S2. The first kappa shape index (κ1) is 18.9. The molecule has 0 radical (unpaired) electrons. The van der Waals surface area contributed by atoms with Crippen LogP contribution < -0.4 is 11.3 Å². The highest BCUT2D eigenvalue weighted by Crippen LogP contribution is 2.31. The largest absolute Gasteiger partial charge is 0.419 e. The minimum absolute atomic E-state index is 0.0615. The summed E-state index contributed by atoms with van der Waals surface area (Å²) in [6, 6.07) is 17.2. The second-order valence-electron chi connectivity index (χ2n) is 6.79. The molecule has 0 atom stereocenters. The molecule has 5 aromatic rings. The third-order valence-corrected chi connectivity index (χ3v) is 6.86. The monoisotopic (exact) mass is 435 g/mol. The predicted octanol–water partition coefficient (Wildman–Crippen LogP) is 4.36. The fraction of sp³-hybridized carbons (Fsp3) is 0.136. The number of oxazole rings is 1. The molecule has 150 valence electrons. The van der Waals surface area contributed by atoms with Crippen LogP contribution in [0.3, 0.4) is 0 Å².